The minimum atomic E-state index is -0.322. The van der Waals surface area contributed by atoms with E-state index in [-0.39, 0.29) is 12.0 Å². The highest BCUT2D eigenvalue weighted by molar-refractivity contribution is 5.81. The van der Waals surface area contributed by atoms with Gasteiger partial charge in [0.05, 0.1) is 13.2 Å². The molecule has 5 nitrogen and oxygen atoms in total. The number of amides is 1. The van der Waals surface area contributed by atoms with E-state index in [0.717, 1.165) is 6.54 Å². The summed E-state index contributed by atoms with van der Waals surface area (Å²) in [5.74, 6) is 0.779. The van der Waals surface area contributed by atoms with Gasteiger partial charge in [-0.2, -0.15) is 0 Å². The molecular formula is C13H24N2O3. The first-order valence-electron chi connectivity index (χ1n) is 6.85. The maximum absolute atomic E-state index is 12.5. The van der Waals surface area contributed by atoms with Crippen molar-refractivity contribution < 1.29 is 14.3 Å². The number of nitrogens with zero attached hydrogens (tertiary/aromatic N) is 1. The summed E-state index contributed by atoms with van der Waals surface area (Å²) in [4.78, 5) is 14.4. The highest BCUT2D eigenvalue weighted by Crippen LogP contribution is 2.35. The molecule has 18 heavy (non-hydrogen) atoms. The van der Waals surface area contributed by atoms with E-state index in [4.69, 9.17) is 9.47 Å². The number of rotatable bonds is 6. The van der Waals surface area contributed by atoms with Crippen LogP contribution in [0.4, 0.5) is 0 Å². The molecule has 2 unspecified atom stereocenters. The van der Waals surface area contributed by atoms with Crippen LogP contribution < -0.4 is 5.32 Å². The number of carbonyl (C=O) groups excluding carboxylic acids is 1. The number of hydrogen-bond acceptors (Lipinski definition) is 4. The molecule has 5 heteroatoms. The molecule has 1 saturated carbocycles. The molecule has 0 aromatic carbocycles. The van der Waals surface area contributed by atoms with Crippen molar-refractivity contribution >= 4 is 5.91 Å². The van der Waals surface area contributed by atoms with Crippen LogP contribution in [-0.4, -0.2) is 62.9 Å². The van der Waals surface area contributed by atoms with Gasteiger partial charge in [-0.05, 0) is 25.7 Å². The molecule has 1 heterocycles. The minimum absolute atomic E-state index is 0.110. The molecule has 0 bridgehead atoms. The van der Waals surface area contributed by atoms with Crippen molar-refractivity contribution in [1.82, 2.24) is 10.2 Å². The lowest BCUT2D eigenvalue weighted by Crippen LogP contribution is -2.53. The molecule has 2 rings (SSSR count). The molecule has 2 fully saturated rings. The number of hydrogen-bond donors (Lipinski definition) is 1. The summed E-state index contributed by atoms with van der Waals surface area (Å²) in [5.41, 5.74) is 0. The van der Waals surface area contributed by atoms with E-state index in [9.17, 15) is 4.79 Å². The predicted molar refractivity (Wildman–Crippen MR) is 68.4 cm³/mol. The average molecular weight is 256 g/mol. The van der Waals surface area contributed by atoms with Crippen LogP contribution in [0.2, 0.25) is 0 Å². The van der Waals surface area contributed by atoms with Gasteiger partial charge in [-0.3, -0.25) is 4.79 Å². The van der Waals surface area contributed by atoms with Crippen molar-refractivity contribution in [2.45, 2.75) is 31.9 Å². The van der Waals surface area contributed by atoms with Gasteiger partial charge in [0.25, 0.3) is 5.91 Å². The lowest BCUT2D eigenvalue weighted by Gasteiger charge is -2.34. The highest BCUT2D eigenvalue weighted by Gasteiger charge is 2.37. The van der Waals surface area contributed by atoms with Crippen molar-refractivity contribution in [1.29, 1.82) is 0 Å². The Labute approximate surface area is 109 Å². The minimum Gasteiger partial charge on any atom is -0.383 e. The maximum atomic E-state index is 12.5. The van der Waals surface area contributed by atoms with Crippen LogP contribution in [0.5, 0.6) is 0 Å². The van der Waals surface area contributed by atoms with Crippen molar-refractivity contribution in [3.05, 3.63) is 0 Å². The van der Waals surface area contributed by atoms with Crippen LogP contribution in [-0.2, 0) is 14.3 Å². The maximum Gasteiger partial charge on any atom is 0.253 e. The molecule has 1 aliphatic carbocycles. The van der Waals surface area contributed by atoms with Crippen molar-refractivity contribution in [3.63, 3.8) is 0 Å². The fourth-order valence-corrected chi connectivity index (χ4v) is 2.45. The molecule has 1 N–H and O–H groups in total. The van der Waals surface area contributed by atoms with Gasteiger partial charge < -0.3 is 19.7 Å². The number of carbonyl (C=O) groups is 1. The zero-order chi connectivity index (χ0) is 13.0. The van der Waals surface area contributed by atoms with E-state index in [1.807, 2.05) is 4.90 Å². The zero-order valence-electron chi connectivity index (χ0n) is 11.4. The van der Waals surface area contributed by atoms with Crippen molar-refractivity contribution in [3.8, 4) is 0 Å². The Morgan fingerprint density at radius 2 is 2.33 bits per heavy atom. The van der Waals surface area contributed by atoms with Crippen LogP contribution in [0.1, 0.15) is 19.8 Å². The van der Waals surface area contributed by atoms with Crippen LogP contribution in [0.25, 0.3) is 0 Å². The molecule has 0 aromatic rings. The predicted octanol–water partition coefficient (Wildman–Crippen LogP) is 0.248. The third kappa shape index (κ3) is 3.43. The Morgan fingerprint density at radius 3 is 2.89 bits per heavy atom. The lowest BCUT2D eigenvalue weighted by molar-refractivity contribution is -0.148. The third-order valence-electron chi connectivity index (χ3n) is 3.82. The molecule has 2 atom stereocenters. The molecule has 0 radical (unpaired) electrons. The topological polar surface area (TPSA) is 50.8 Å². The summed E-state index contributed by atoms with van der Waals surface area (Å²) in [5, 5.41) is 3.21. The van der Waals surface area contributed by atoms with Crippen LogP contribution in [0, 0.1) is 5.92 Å². The average Bonchev–Trinajstić information content (AvgIpc) is 3.24. The van der Waals surface area contributed by atoms with Gasteiger partial charge >= 0.3 is 0 Å². The van der Waals surface area contributed by atoms with E-state index < -0.39 is 0 Å². The monoisotopic (exact) mass is 256 g/mol. The summed E-state index contributed by atoms with van der Waals surface area (Å²) in [6.45, 7) is 5.46. The van der Waals surface area contributed by atoms with Crippen LogP contribution >= 0.6 is 0 Å². The summed E-state index contributed by atoms with van der Waals surface area (Å²) in [6.07, 6.45) is 2.15. The molecule has 0 aromatic heterocycles. The van der Waals surface area contributed by atoms with Crippen LogP contribution in [0.15, 0.2) is 0 Å². The number of nitrogens with one attached hydrogen (secondary N) is 1. The second kappa shape index (κ2) is 6.50. The standard InChI is InChI=1S/C13H24N2O3/c1-10(11-3-4-11)15(6-8-17-2)13(16)12-9-14-5-7-18-12/h10-12,14H,3-9H2,1-2H3. The Balaban J connectivity index is 1.94. The Kier molecular flexibility index (Phi) is 4.97. The normalized spacial score (nSPS) is 25.8. The first-order chi connectivity index (χ1) is 8.74. The second-order valence-electron chi connectivity index (χ2n) is 5.17. The van der Waals surface area contributed by atoms with E-state index in [2.05, 4.69) is 12.2 Å². The first-order valence-corrected chi connectivity index (χ1v) is 6.85. The lowest BCUT2D eigenvalue weighted by atomic mass is 10.1. The fraction of sp³-hybridized carbons (Fsp3) is 0.923. The van der Waals surface area contributed by atoms with Gasteiger partial charge in [0.1, 0.15) is 6.10 Å². The summed E-state index contributed by atoms with van der Waals surface area (Å²) >= 11 is 0. The Morgan fingerprint density at radius 1 is 1.56 bits per heavy atom. The van der Waals surface area contributed by atoms with Crippen molar-refractivity contribution in [2.24, 2.45) is 5.92 Å². The van der Waals surface area contributed by atoms with E-state index >= 15 is 0 Å². The van der Waals surface area contributed by atoms with Crippen LogP contribution in [0.3, 0.4) is 0 Å². The number of morpholine rings is 1. The van der Waals surface area contributed by atoms with Gasteiger partial charge in [-0.15, -0.1) is 0 Å². The van der Waals surface area contributed by atoms with Gasteiger partial charge in [-0.25, -0.2) is 0 Å². The number of methoxy groups -OCH3 is 1. The molecule has 1 saturated heterocycles. The smallest absolute Gasteiger partial charge is 0.253 e. The van der Waals surface area contributed by atoms with Crippen molar-refractivity contribution in [2.75, 3.05) is 40.0 Å². The zero-order valence-corrected chi connectivity index (χ0v) is 11.4. The molecule has 2 aliphatic rings. The summed E-state index contributed by atoms with van der Waals surface area (Å²) in [6, 6.07) is 0.304. The van der Waals surface area contributed by atoms with E-state index in [1.54, 1.807) is 7.11 Å². The van der Waals surface area contributed by atoms with E-state index in [0.29, 0.717) is 38.3 Å². The Hall–Kier alpha value is -0.650. The summed E-state index contributed by atoms with van der Waals surface area (Å²) < 4.78 is 10.7. The second-order valence-corrected chi connectivity index (χ2v) is 5.17. The van der Waals surface area contributed by atoms with E-state index in [1.165, 1.54) is 12.8 Å². The van der Waals surface area contributed by atoms with Gasteiger partial charge in [0.2, 0.25) is 0 Å². The Bertz CT molecular complexity index is 275. The van der Waals surface area contributed by atoms with Gasteiger partial charge in [0.15, 0.2) is 0 Å². The fourth-order valence-electron chi connectivity index (χ4n) is 2.45. The highest BCUT2D eigenvalue weighted by atomic mass is 16.5. The molecule has 1 aliphatic heterocycles. The first kappa shape index (κ1) is 13.8. The molecular weight excluding hydrogens is 232 g/mol. The van der Waals surface area contributed by atoms with Gasteiger partial charge in [-0.1, -0.05) is 0 Å². The summed E-state index contributed by atoms with van der Waals surface area (Å²) in [7, 11) is 1.67. The quantitative estimate of drug-likeness (QED) is 0.740. The van der Waals surface area contributed by atoms with Gasteiger partial charge in [0, 0.05) is 32.8 Å². The molecule has 0 spiro atoms. The number of ether oxygens (including phenoxy) is 2. The third-order valence-corrected chi connectivity index (χ3v) is 3.82. The molecule has 1 amide bonds. The molecule has 104 valence electrons. The largest absolute Gasteiger partial charge is 0.383 e. The SMILES string of the molecule is COCCN(C(=O)C1CNCCO1)C(C)C1CC1.